The number of amides is 2. The van der Waals surface area contributed by atoms with E-state index in [2.05, 4.69) is 38.3 Å². The van der Waals surface area contributed by atoms with Crippen LogP contribution in [0.5, 0.6) is 11.5 Å². The zero-order chi connectivity index (χ0) is 22.6. The van der Waals surface area contributed by atoms with Gasteiger partial charge in [0.15, 0.2) is 0 Å². The number of carbonyl (C=O) groups is 2. The number of hydrogen-bond acceptors (Lipinski definition) is 4. The predicted molar refractivity (Wildman–Crippen MR) is 123 cm³/mol. The van der Waals surface area contributed by atoms with Gasteiger partial charge in [0.2, 0.25) is 0 Å². The second kappa shape index (κ2) is 12.6. The molecule has 31 heavy (non-hydrogen) atoms. The third kappa shape index (κ3) is 9.11. The zero-order valence-corrected chi connectivity index (χ0v) is 18.9. The molecule has 0 fully saturated rings. The van der Waals surface area contributed by atoms with Crippen LogP contribution in [-0.4, -0.2) is 38.1 Å². The molecule has 0 aliphatic heterocycles. The lowest BCUT2D eigenvalue weighted by atomic mass is 10.2. The van der Waals surface area contributed by atoms with Gasteiger partial charge in [0.1, 0.15) is 11.5 Å². The van der Waals surface area contributed by atoms with Crippen LogP contribution in [0.25, 0.3) is 0 Å². The van der Waals surface area contributed by atoms with E-state index in [1.165, 1.54) is 0 Å². The van der Waals surface area contributed by atoms with Crippen LogP contribution in [0.4, 0.5) is 0 Å². The Morgan fingerprint density at radius 1 is 0.677 bits per heavy atom. The molecule has 6 heteroatoms. The van der Waals surface area contributed by atoms with Crippen LogP contribution in [0.1, 0.15) is 54.8 Å². The molecule has 0 saturated heterocycles. The Bertz CT molecular complexity index is 745. The molecule has 2 amide bonds. The summed E-state index contributed by atoms with van der Waals surface area (Å²) in [6.45, 7) is 10.6. The van der Waals surface area contributed by atoms with Crippen molar-refractivity contribution in [2.45, 2.75) is 34.1 Å². The SMILES string of the molecule is CC(C)COc1ccc(C(=O)NCCCNC(=O)c2ccc(OCC(C)C)cc2)cc1. The van der Waals surface area contributed by atoms with Crippen LogP contribution in [0.15, 0.2) is 48.5 Å². The van der Waals surface area contributed by atoms with Gasteiger partial charge in [0, 0.05) is 24.2 Å². The number of nitrogens with one attached hydrogen (secondary N) is 2. The highest BCUT2D eigenvalue weighted by atomic mass is 16.5. The zero-order valence-electron chi connectivity index (χ0n) is 18.9. The third-order valence-electron chi connectivity index (χ3n) is 4.32. The Morgan fingerprint density at radius 2 is 1.03 bits per heavy atom. The van der Waals surface area contributed by atoms with Gasteiger partial charge in [-0.05, 0) is 66.8 Å². The molecule has 2 N–H and O–H groups in total. The van der Waals surface area contributed by atoms with Crippen LogP contribution in [0, 0.1) is 11.8 Å². The average molecular weight is 427 g/mol. The Hall–Kier alpha value is -3.02. The molecule has 0 heterocycles. The number of carbonyl (C=O) groups excluding carboxylic acids is 2. The Kier molecular flexibility index (Phi) is 9.88. The largest absolute Gasteiger partial charge is 0.493 e. The molecule has 0 saturated carbocycles. The molecular weight excluding hydrogens is 392 g/mol. The monoisotopic (exact) mass is 426 g/mol. The second-order valence-corrected chi connectivity index (χ2v) is 8.32. The van der Waals surface area contributed by atoms with Crippen molar-refractivity contribution in [2.75, 3.05) is 26.3 Å². The minimum absolute atomic E-state index is 0.140. The summed E-state index contributed by atoms with van der Waals surface area (Å²) in [5.74, 6) is 2.13. The van der Waals surface area contributed by atoms with Gasteiger partial charge in [-0.1, -0.05) is 27.7 Å². The molecule has 0 spiro atoms. The van der Waals surface area contributed by atoms with Crippen molar-refractivity contribution in [3.05, 3.63) is 59.7 Å². The summed E-state index contributed by atoms with van der Waals surface area (Å²) in [7, 11) is 0. The standard InChI is InChI=1S/C25H34N2O4/c1-18(2)16-30-22-10-6-20(7-11-22)24(28)26-14-5-15-27-25(29)21-8-12-23(13-9-21)31-17-19(3)4/h6-13,18-19H,5,14-17H2,1-4H3,(H,26,28)(H,27,29). The van der Waals surface area contributed by atoms with Crippen LogP contribution in [0.3, 0.4) is 0 Å². The van der Waals surface area contributed by atoms with Crippen molar-refractivity contribution in [2.24, 2.45) is 11.8 Å². The van der Waals surface area contributed by atoms with E-state index >= 15 is 0 Å². The molecule has 168 valence electrons. The minimum atomic E-state index is -0.140. The summed E-state index contributed by atoms with van der Waals surface area (Å²) in [4.78, 5) is 24.4. The van der Waals surface area contributed by atoms with E-state index in [0.717, 1.165) is 11.5 Å². The van der Waals surface area contributed by atoms with Gasteiger partial charge in [-0.3, -0.25) is 9.59 Å². The Morgan fingerprint density at radius 3 is 1.35 bits per heavy atom. The van der Waals surface area contributed by atoms with Crippen molar-refractivity contribution in [1.82, 2.24) is 10.6 Å². The van der Waals surface area contributed by atoms with Crippen molar-refractivity contribution < 1.29 is 19.1 Å². The first kappa shape index (κ1) is 24.3. The molecule has 0 unspecified atom stereocenters. The van der Waals surface area contributed by atoms with Crippen molar-refractivity contribution in [3.8, 4) is 11.5 Å². The topological polar surface area (TPSA) is 76.7 Å². The van der Waals surface area contributed by atoms with Crippen LogP contribution >= 0.6 is 0 Å². The third-order valence-corrected chi connectivity index (χ3v) is 4.32. The maximum Gasteiger partial charge on any atom is 0.251 e. The first-order valence-electron chi connectivity index (χ1n) is 10.9. The van der Waals surface area contributed by atoms with Gasteiger partial charge < -0.3 is 20.1 Å². The number of hydrogen-bond donors (Lipinski definition) is 2. The number of rotatable bonds is 12. The first-order chi connectivity index (χ1) is 14.8. The summed E-state index contributed by atoms with van der Waals surface area (Å²) >= 11 is 0. The van der Waals surface area contributed by atoms with Crippen LogP contribution < -0.4 is 20.1 Å². The highest BCUT2D eigenvalue weighted by molar-refractivity contribution is 5.94. The second-order valence-electron chi connectivity index (χ2n) is 8.32. The number of ether oxygens (including phenoxy) is 2. The van der Waals surface area contributed by atoms with Gasteiger partial charge in [-0.2, -0.15) is 0 Å². The van der Waals surface area contributed by atoms with E-state index in [0.29, 0.717) is 55.7 Å². The molecule has 6 nitrogen and oxygen atoms in total. The highest BCUT2D eigenvalue weighted by Crippen LogP contribution is 2.14. The molecule has 0 aromatic heterocycles. The smallest absolute Gasteiger partial charge is 0.251 e. The van der Waals surface area contributed by atoms with Gasteiger partial charge in [0.05, 0.1) is 13.2 Å². The average Bonchev–Trinajstić information content (AvgIpc) is 2.76. The molecule has 0 bridgehead atoms. The maximum atomic E-state index is 12.2. The van der Waals surface area contributed by atoms with Crippen LogP contribution in [-0.2, 0) is 0 Å². The fourth-order valence-electron chi connectivity index (χ4n) is 2.63. The summed E-state index contributed by atoms with van der Waals surface area (Å²) in [6.07, 6.45) is 0.642. The fourth-order valence-corrected chi connectivity index (χ4v) is 2.63. The lowest BCUT2D eigenvalue weighted by Crippen LogP contribution is -2.29. The lowest BCUT2D eigenvalue weighted by Gasteiger charge is -2.10. The summed E-state index contributed by atoms with van der Waals surface area (Å²) in [5.41, 5.74) is 1.17. The maximum absolute atomic E-state index is 12.2. The highest BCUT2D eigenvalue weighted by Gasteiger charge is 2.07. The Balaban J connectivity index is 1.65. The lowest BCUT2D eigenvalue weighted by molar-refractivity contribution is 0.0951. The number of benzene rings is 2. The molecule has 2 aromatic carbocycles. The van der Waals surface area contributed by atoms with E-state index < -0.39 is 0 Å². The molecular formula is C25H34N2O4. The van der Waals surface area contributed by atoms with Gasteiger partial charge in [0.25, 0.3) is 11.8 Å². The van der Waals surface area contributed by atoms with Gasteiger partial charge in [-0.25, -0.2) is 0 Å². The molecule has 2 rings (SSSR count). The van der Waals surface area contributed by atoms with Crippen molar-refractivity contribution in [1.29, 1.82) is 0 Å². The van der Waals surface area contributed by atoms with Crippen molar-refractivity contribution >= 4 is 11.8 Å². The molecule has 2 aromatic rings. The van der Waals surface area contributed by atoms with Gasteiger partial charge >= 0.3 is 0 Å². The molecule has 0 aliphatic carbocycles. The van der Waals surface area contributed by atoms with Crippen molar-refractivity contribution in [3.63, 3.8) is 0 Å². The molecule has 0 aliphatic rings. The molecule has 0 atom stereocenters. The first-order valence-corrected chi connectivity index (χ1v) is 10.9. The summed E-state index contributed by atoms with van der Waals surface area (Å²) in [5, 5.41) is 5.73. The molecule has 0 radical (unpaired) electrons. The quantitative estimate of drug-likeness (QED) is 0.496. The van der Waals surface area contributed by atoms with E-state index in [1.54, 1.807) is 48.5 Å². The minimum Gasteiger partial charge on any atom is -0.493 e. The fraction of sp³-hybridized carbons (Fsp3) is 0.440. The normalized spacial score (nSPS) is 10.8. The summed E-state index contributed by atoms with van der Waals surface area (Å²) < 4.78 is 11.2. The Labute approximate surface area is 185 Å². The van der Waals surface area contributed by atoms with E-state index in [1.807, 2.05) is 0 Å². The predicted octanol–water partition coefficient (Wildman–Crippen LogP) is 4.31. The van der Waals surface area contributed by atoms with E-state index in [9.17, 15) is 9.59 Å². The van der Waals surface area contributed by atoms with Crippen LogP contribution in [0.2, 0.25) is 0 Å². The van der Waals surface area contributed by atoms with Gasteiger partial charge in [-0.15, -0.1) is 0 Å². The summed E-state index contributed by atoms with van der Waals surface area (Å²) in [6, 6.07) is 14.2. The van der Waals surface area contributed by atoms with E-state index in [-0.39, 0.29) is 11.8 Å². The van der Waals surface area contributed by atoms with E-state index in [4.69, 9.17) is 9.47 Å².